The third-order valence-electron chi connectivity index (χ3n) is 3.62. The number of pyridine rings is 1. The lowest BCUT2D eigenvalue weighted by atomic mass is 10.3. The molecule has 0 aromatic carbocycles. The molecule has 0 amide bonds. The molecule has 0 saturated carbocycles. The van der Waals surface area contributed by atoms with Crippen molar-refractivity contribution >= 4 is 17.7 Å². The fourth-order valence-electron chi connectivity index (χ4n) is 2.45. The van der Waals surface area contributed by atoms with Gasteiger partial charge >= 0.3 is 0 Å². The van der Waals surface area contributed by atoms with Crippen LogP contribution in [0.5, 0.6) is 0 Å². The molecule has 2 aromatic rings. The van der Waals surface area contributed by atoms with E-state index >= 15 is 0 Å². The second kappa shape index (κ2) is 7.60. The molecule has 6 nitrogen and oxygen atoms in total. The Morgan fingerprint density at radius 2 is 2.09 bits per heavy atom. The van der Waals surface area contributed by atoms with Gasteiger partial charge in [-0.1, -0.05) is 17.8 Å². The lowest BCUT2D eigenvalue weighted by molar-refractivity contribution is 0.121. The molecule has 3 heterocycles. The Bertz CT molecular complexity index is 583. The number of hydrogen-bond acceptors (Lipinski definition) is 6. The highest BCUT2D eigenvalue weighted by molar-refractivity contribution is 7.99. The number of aryl methyl sites for hydroxylation is 1. The van der Waals surface area contributed by atoms with Gasteiger partial charge in [0.2, 0.25) is 5.95 Å². The number of hydrogen-bond donors (Lipinski definition) is 0. The maximum absolute atomic E-state index is 5.40. The first-order chi connectivity index (χ1) is 10.9. The lowest BCUT2D eigenvalue weighted by Gasteiger charge is -2.27. The average Bonchev–Trinajstić information content (AvgIpc) is 2.99. The van der Waals surface area contributed by atoms with E-state index in [9.17, 15) is 0 Å². The minimum atomic E-state index is 0.763. The first kappa shape index (κ1) is 15.3. The topological polar surface area (TPSA) is 56.1 Å². The van der Waals surface area contributed by atoms with Crippen molar-refractivity contribution in [2.45, 2.75) is 25.0 Å². The van der Waals surface area contributed by atoms with Crippen LogP contribution in [0.25, 0.3) is 0 Å². The number of nitrogens with zero attached hydrogens (tertiary/aromatic N) is 5. The van der Waals surface area contributed by atoms with Gasteiger partial charge in [-0.25, -0.2) is 0 Å². The predicted molar refractivity (Wildman–Crippen MR) is 87.4 cm³/mol. The summed E-state index contributed by atoms with van der Waals surface area (Å²) in [7, 11) is 0. The van der Waals surface area contributed by atoms with Crippen LogP contribution < -0.4 is 4.90 Å². The van der Waals surface area contributed by atoms with E-state index in [1.54, 1.807) is 11.8 Å². The molecule has 118 valence electrons. The zero-order valence-electron chi connectivity index (χ0n) is 12.8. The normalized spacial score (nSPS) is 15.2. The Balaban J connectivity index is 1.62. The Morgan fingerprint density at radius 1 is 1.23 bits per heavy atom. The average molecular weight is 319 g/mol. The SMILES string of the molecule is CCn1c(SCCc2ccccn2)nnc1N1CCOCC1. The molecule has 0 atom stereocenters. The molecule has 1 aliphatic heterocycles. The van der Waals surface area contributed by atoms with Crippen molar-refractivity contribution in [1.29, 1.82) is 0 Å². The van der Waals surface area contributed by atoms with Gasteiger partial charge in [-0.2, -0.15) is 0 Å². The zero-order valence-corrected chi connectivity index (χ0v) is 13.6. The molecule has 0 N–H and O–H groups in total. The van der Waals surface area contributed by atoms with Crippen molar-refractivity contribution < 1.29 is 4.74 Å². The van der Waals surface area contributed by atoms with Crippen LogP contribution in [0.1, 0.15) is 12.6 Å². The summed E-state index contributed by atoms with van der Waals surface area (Å²) in [5, 5.41) is 9.74. The highest BCUT2D eigenvalue weighted by Crippen LogP contribution is 2.23. The van der Waals surface area contributed by atoms with E-state index in [1.165, 1.54) is 0 Å². The summed E-state index contributed by atoms with van der Waals surface area (Å²) in [5.74, 6) is 1.92. The van der Waals surface area contributed by atoms with E-state index in [4.69, 9.17) is 4.74 Å². The van der Waals surface area contributed by atoms with Crippen molar-refractivity contribution in [3.05, 3.63) is 30.1 Å². The van der Waals surface area contributed by atoms with Crippen molar-refractivity contribution in [3.8, 4) is 0 Å². The molecule has 0 unspecified atom stereocenters. The molecule has 2 aromatic heterocycles. The Morgan fingerprint density at radius 3 is 2.82 bits per heavy atom. The fourth-order valence-corrected chi connectivity index (χ4v) is 3.41. The van der Waals surface area contributed by atoms with Crippen LogP contribution in [0.15, 0.2) is 29.6 Å². The highest BCUT2D eigenvalue weighted by atomic mass is 32.2. The standard InChI is InChI=1S/C15H21N5OS/c1-2-20-14(19-8-10-21-11-9-19)17-18-15(20)22-12-6-13-5-3-4-7-16-13/h3-5,7H,2,6,8-12H2,1H3. The van der Waals surface area contributed by atoms with Crippen LogP contribution >= 0.6 is 11.8 Å². The van der Waals surface area contributed by atoms with E-state index in [1.807, 2.05) is 18.3 Å². The maximum atomic E-state index is 5.40. The quantitative estimate of drug-likeness (QED) is 0.758. The molecular weight excluding hydrogens is 298 g/mol. The van der Waals surface area contributed by atoms with E-state index in [2.05, 4.69) is 37.6 Å². The number of rotatable bonds is 6. The smallest absolute Gasteiger partial charge is 0.228 e. The highest BCUT2D eigenvalue weighted by Gasteiger charge is 2.19. The number of thioether (sulfide) groups is 1. The zero-order chi connectivity index (χ0) is 15.2. The molecule has 22 heavy (non-hydrogen) atoms. The van der Waals surface area contributed by atoms with Crippen LogP contribution in [0.3, 0.4) is 0 Å². The van der Waals surface area contributed by atoms with E-state index < -0.39 is 0 Å². The van der Waals surface area contributed by atoms with E-state index in [-0.39, 0.29) is 0 Å². The van der Waals surface area contributed by atoms with Gasteiger partial charge in [0.05, 0.1) is 13.2 Å². The molecular formula is C15H21N5OS. The van der Waals surface area contributed by atoms with Gasteiger partial charge in [0.15, 0.2) is 5.16 Å². The molecule has 3 rings (SSSR count). The number of anilines is 1. The number of aromatic nitrogens is 4. The molecule has 0 radical (unpaired) electrons. The number of morpholine rings is 1. The fraction of sp³-hybridized carbons (Fsp3) is 0.533. The van der Waals surface area contributed by atoms with Gasteiger partial charge in [0.1, 0.15) is 0 Å². The maximum Gasteiger partial charge on any atom is 0.228 e. The van der Waals surface area contributed by atoms with Crippen LogP contribution in [-0.2, 0) is 17.7 Å². The summed E-state index contributed by atoms with van der Waals surface area (Å²) in [6, 6.07) is 6.03. The number of ether oxygens (including phenoxy) is 1. The summed E-state index contributed by atoms with van der Waals surface area (Å²) >= 11 is 1.74. The second-order valence-corrected chi connectivity index (χ2v) is 6.11. The van der Waals surface area contributed by atoms with Crippen molar-refractivity contribution in [1.82, 2.24) is 19.7 Å². The van der Waals surface area contributed by atoms with Crippen LogP contribution in [0, 0.1) is 0 Å². The minimum absolute atomic E-state index is 0.763. The summed E-state index contributed by atoms with van der Waals surface area (Å²) in [5.41, 5.74) is 1.12. The summed E-state index contributed by atoms with van der Waals surface area (Å²) in [6.45, 7) is 6.31. The molecule has 0 aliphatic carbocycles. The first-order valence-electron chi connectivity index (χ1n) is 7.67. The van der Waals surface area contributed by atoms with Gasteiger partial charge in [0.25, 0.3) is 0 Å². The van der Waals surface area contributed by atoms with Crippen LogP contribution in [0.2, 0.25) is 0 Å². The molecule has 1 aliphatic rings. The second-order valence-electron chi connectivity index (χ2n) is 5.05. The van der Waals surface area contributed by atoms with Gasteiger partial charge in [-0.3, -0.25) is 9.55 Å². The predicted octanol–water partition coefficient (Wildman–Crippen LogP) is 1.86. The largest absolute Gasteiger partial charge is 0.378 e. The van der Waals surface area contributed by atoms with Gasteiger partial charge in [-0.15, -0.1) is 10.2 Å². The summed E-state index contributed by atoms with van der Waals surface area (Å²) in [4.78, 5) is 6.61. The molecule has 0 bridgehead atoms. The third kappa shape index (κ3) is 3.59. The van der Waals surface area contributed by atoms with Crippen molar-refractivity contribution in [2.24, 2.45) is 0 Å². The molecule has 7 heteroatoms. The molecule has 1 saturated heterocycles. The summed E-state index contributed by atoms with van der Waals surface area (Å²) in [6.07, 6.45) is 2.78. The van der Waals surface area contributed by atoms with Crippen molar-refractivity contribution in [2.75, 3.05) is 37.0 Å². The summed E-state index contributed by atoms with van der Waals surface area (Å²) < 4.78 is 7.59. The minimum Gasteiger partial charge on any atom is -0.378 e. The Hall–Kier alpha value is -1.60. The monoisotopic (exact) mass is 319 g/mol. The third-order valence-corrected chi connectivity index (χ3v) is 4.59. The van der Waals surface area contributed by atoms with Gasteiger partial charge < -0.3 is 9.64 Å². The molecule has 1 fully saturated rings. The van der Waals surface area contributed by atoms with E-state index in [0.717, 1.165) is 61.8 Å². The first-order valence-corrected chi connectivity index (χ1v) is 8.65. The Kier molecular flexibility index (Phi) is 5.29. The van der Waals surface area contributed by atoms with E-state index in [0.29, 0.717) is 0 Å². The molecule has 0 spiro atoms. The van der Waals surface area contributed by atoms with Crippen molar-refractivity contribution in [3.63, 3.8) is 0 Å². The van der Waals surface area contributed by atoms with Gasteiger partial charge in [-0.05, 0) is 25.5 Å². The van der Waals surface area contributed by atoms with Gasteiger partial charge in [0, 0.05) is 37.3 Å². The Labute approximate surface area is 134 Å². The van der Waals surface area contributed by atoms with Crippen LogP contribution in [0.4, 0.5) is 5.95 Å². The lowest BCUT2D eigenvalue weighted by Crippen LogP contribution is -2.38. The van der Waals surface area contributed by atoms with Crippen LogP contribution in [-0.4, -0.2) is 51.8 Å².